The molecule has 90 valence electrons. The number of nitrogens with zero attached hydrogens (tertiary/aromatic N) is 2. The first-order valence-electron chi connectivity index (χ1n) is 5.89. The third-order valence-corrected chi connectivity index (χ3v) is 2.45. The van der Waals surface area contributed by atoms with E-state index in [1.54, 1.807) is 6.33 Å². The summed E-state index contributed by atoms with van der Waals surface area (Å²) in [5, 5.41) is 3.47. The van der Waals surface area contributed by atoms with Crippen molar-refractivity contribution in [3.8, 4) is 0 Å². The van der Waals surface area contributed by atoms with Crippen LogP contribution in [0.15, 0.2) is 18.7 Å². The van der Waals surface area contributed by atoms with E-state index in [0.29, 0.717) is 0 Å². The predicted octanol–water partition coefficient (Wildman–Crippen LogP) is 1.94. The van der Waals surface area contributed by atoms with Crippen molar-refractivity contribution in [2.24, 2.45) is 0 Å². The first-order chi connectivity index (χ1) is 7.79. The van der Waals surface area contributed by atoms with Crippen LogP contribution in [0.1, 0.15) is 38.8 Å². The molecule has 0 aromatic carbocycles. The molecule has 0 amide bonds. The molecule has 1 heterocycles. The van der Waals surface area contributed by atoms with Gasteiger partial charge >= 0.3 is 0 Å². The second-order valence-corrected chi connectivity index (χ2v) is 3.76. The van der Waals surface area contributed by atoms with Gasteiger partial charge < -0.3 is 10.1 Å². The average Bonchev–Trinajstić information content (AvgIpc) is 2.31. The lowest BCUT2D eigenvalue weighted by Crippen LogP contribution is -2.32. The van der Waals surface area contributed by atoms with E-state index in [4.69, 9.17) is 4.74 Å². The summed E-state index contributed by atoms with van der Waals surface area (Å²) in [7, 11) is 0. The van der Waals surface area contributed by atoms with Gasteiger partial charge in [-0.25, -0.2) is 9.97 Å². The van der Waals surface area contributed by atoms with Crippen molar-refractivity contribution in [1.82, 2.24) is 15.3 Å². The van der Waals surface area contributed by atoms with Crippen molar-refractivity contribution >= 4 is 0 Å². The summed E-state index contributed by atoms with van der Waals surface area (Å²) >= 11 is 0. The fourth-order valence-electron chi connectivity index (χ4n) is 1.69. The molecule has 16 heavy (non-hydrogen) atoms. The van der Waals surface area contributed by atoms with Crippen LogP contribution >= 0.6 is 0 Å². The van der Waals surface area contributed by atoms with Crippen molar-refractivity contribution in [2.45, 2.75) is 39.3 Å². The summed E-state index contributed by atoms with van der Waals surface area (Å²) in [5.74, 6) is 0. The number of hydrogen-bond donors (Lipinski definition) is 1. The standard InChI is InChI=1S/C12H21N3O/c1-4-6-15-12(10(3)16-5-2)11-7-13-9-14-8-11/h7-10,12,15H,4-6H2,1-3H3. The van der Waals surface area contributed by atoms with E-state index in [2.05, 4.69) is 29.1 Å². The number of nitrogens with one attached hydrogen (secondary N) is 1. The third-order valence-electron chi connectivity index (χ3n) is 2.45. The average molecular weight is 223 g/mol. The Hall–Kier alpha value is -1.00. The second-order valence-electron chi connectivity index (χ2n) is 3.76. The summed E-state index contributed by atoms with van der Waals surface area (Å²) in [6.45, 7) is 7.92. The van der Waals surface area contributed by atoms with E-state index in [0.717, 1.165) is 25.1 Å². The van der Waals surface area contributed by atoms with Crippen molar-refractivity contribution in [1.29, 1.82) is 0 Å². The van der Waals surface area contributed by atoms with E-state index < -0.39 is 0 Å². The van der Waals surface area contributed by atoms with Gasteiger partial charge in [-0.1, -0.05) is 6.92 Å². The van der Waals surface area contributed by atoms with Gasteiger partial charge in [-0.05, 0) is 26.8 Å². The lowest BCUT2D eigenvalue weighted by atomic mass is 10.1. The van der Waals surface area contributed by atoms with Crippen LogP contribution in [0.5, 0.6) is 0 Å². The summed E-state index contributed by atoms with van der Waals surface area (Å²) < 4.78 is 5.64. The molecule has 1 rings (SSSR count). The van der Waals surface area contributed by atoms with Gasteiger partial charge in [0.1, 0.15) is 6.33 Å². The molecule has 0 saturated heterocycles. The second kappa shape index (κ2) is 7.30. The molecule has 4 nitrogen and oxygen atoms in total. The van der Waals surface area contributed by atoms with E-state index >= 15 is 0 Å². The van der Waals surface area contributed by atoms with Gasteiger partial charge in [0.15, 0.2) is 0 Å². The van der Waals surface area contributed by atoms with Gasteiger partial charge in [0.05, 0.1) is 12.1 Å². The zero-order valence-electron chi connectivity index (χ0n) is 10.3. The maximum atomic E-state index is 5.64. The van der Waals surface area contributed by atoms with E-state index in [1.807, 2.05) is 19.3 Å². The number of ether oxygens (including phenoxy) is 1. The Morgan fingerprint density at radius 1 is 1.31 bits per heavy atom. The summed E-state index contributed by atoms with van der Waals surface area (Å²) in [5.41, 5.74) is 1.08. The predicted molar refractivity (Wildman–Crippen MR) is 64.2 cm³/mol. The molecule has 1 N–H and O–H groups in total. The molecule has 0 spiro atoms. The highest BCUT2D eigenvalue weighted by atomic mass is 16.5. The van der Waals surface area contributed by atoms with Gasteiger partial charge in [0, 0.05) is 24.6 Å². The Bertz CT molecular complexity index is 279. The van der Waals surface area contributed by atoms with Gasteiger partial charge in [0.2, 0.25) is 0 Å². The Labute approximate surface area is 97.5 Å². The molecule has 4 heteroatoms. The van der Waals surface area contributed by atoms with Crippen LogP contribution in [0.3, 0.4) is 0 Å². The minimum absolute atomic E-state index is 0.127. The fraction of sp³-hybridized carbons (Fsp3) is 0.667. The molecule has 0 aliphatic rings. The van der Waals surface area contributed by atoms with Crippen LogP contribution in [-0.4, -0.2) is 29.2 Å². The van der Waals surface area contributed by atoms with Gasteiger partial charge in [-0.2, -0.15) is 0 Å². The number of aromatic nitrogens is 2. The maximum Gasteiger partial charge on any atom is 0.115 e. The highest BCUT2D eigenvalue weighted by molar-refractivity contribution is 5.10. The van der Waals surface area contributed by atoms with Crippen LogP contribution in [-0.2, 0) is 4.74 Å². The van der Waals surface area contributed by atoms with Crippen LogP contribution in [0.25, 0.3) is 0 Å². The van der Waals surface area contributed by atoms with E-state index in [9.17, 15) is 0 Å². The summed E-state index contributed by atoms with van der Waals surface area (Å²) in [4.78, 5) is 8.10. The van der Waals surface area contributed by atoms with Crippen molar-refractivity contribution in [2.75, 3.05) is 13.2 Å². The van der Waals surface area contributed by atoms with Crippen LogP contribution < -0.4 is 5.32 Å². The highest BCUT2D eigenvalue weighted by Crippen LogP contribution is 2.17. The van der Waals surface area contributed by atoms with Crippen molar-refractivity contribution in [3.63, 3.8) is 0 Å². The molecule has 1 aromatic heterocycles. The minimum atomic E-state index is 0.127. The van der Waals surface area contributed by atoms with E-state index in [-0.39, 0.29) is 12.1 Å². The molecule has 0 aliphatic heterocycles. The van der Waals surface area contributed by atoms with Crippen LogP contribution in [0.4, 0.5) is 0 Å². The SMILES string of the molecule is CCCNC(c1cncnc1)C(C)OCC. The first-order valence-corrected chi connectivity index (χ1v) is 5.89. The van der Waals surface area contributed by atoms with Gasteiger partial charge in [-0.15, -0.1) is 0 Å². The first kappa shape index (κ1) is 13.1. The Morgan fingerprint density at radius 2 is 2.00 bits per heavy atom. The van der Waals surface area contributed by atoms with Crippen LogP contribution in [0, 0.1) is 0 Å². The highest BCUT2D eigenvalue weighted by Gasteiger charge is 2.19. The lowest BCUT2D eigenvalue weighted by molar-refractivity contribution is 0.0471. The molecule has 2 unspecified atom stereocenters. The smallest absolute Gasteiger partial charge is 0.115 e. The summed E-state index contributed by atoms with van der Waals surface area (Å²) in [6, 6.07) is 0.168. The Kier molecular flexibility index (Phi) is 5.96. The third kappa shape index (κ3) is 3.87. The molecule has 1 aromatic rings. The fourth-order valence-corrected chi connectivity index (χ4v) is 1.69. The number of rotatable bonds is 7. The molecular weight excluding hydrogens is 202 g/mol. The Balaban J connectivity index is 2.70. The monoisotopic (exact) mass is 223 g/mol. The number of hydrogen-bond acceptors (Lipinski definition) is 4. The molecule has 2 atom stereocenters. The molecule has 0 radical (unpaired) electrons. The van der Waals surface area contributed by atoms with Gasteiger partial charge in [0.25, 0.3) is 0 Å². The normalized spacial score (nSPS) is 14.7. The summed E-state index contributed by atoms with van der Waals surface area (Å²) in [6.07, 6.45) is 6.46. The largest absolute Gasteiger partial charge is 0.377 e. The Morgan fingerprint density at radius 3 is 2.56 bits per heavy atom. The van der Waals surface area contributed by atoms with Crippen LogP contribution in [0.2, 0.25) is 0 Å². The molecular formula is C12H21N3O. The zero-order valence-corrected chi connectivity index (χ0v) is 10.3. The van der Waals surface area contributed by atoms with Crippen molar-refractivity contribution < 1.29 is 4.74 Å². The van der Waals surface area contributed by atoms with Crippen molar-refractivity contribution in [3.05, 3.63) is 24.3 Å². The quantitative estimate of drug-likeness (QED) is 0.767. The maximum absolute atomic E-state index is 5.64. The lowest BCUT2D eigenvalue weighted by Gasteiger charge is -2.24. The minimum Gasteiger partial charge on any atom is -0.377 e. The molecule has 0 fully saturated rings. The molecule has 0 aliphatic carbocycles. The molecule has 0 bridgehead atoms. The van der Waals surface area contributed by atoms with E-state index in [1.165, 1.54) is 0 Å². The van der Waals surface area contributed by atoms with Gasteiger partial charge in [-0.3, -0.25) is 0 Å². The molecule has 0 saturated carbocycles. The topological polar surface area (TPSA) is 47.0 Å². The zero-order chi connectivity index (χ0) is 11.8.